The van der Waals surface area contributed by atoms with E-state index in [0.29, 0.717) is 5.92 Å². The Labute approximate surface area is 104 Å². The molecule has 2 heteroatoms. The molecule has 0 bridgehead atoms. The molecular formula is C15H23NO. The Bertz CT molecular complexity index is 405. The molecule has 0 atom stereocenters. The van der Waals surface area contributed by atoms with Crippen molar-refractivity contribution in [3.63, 3.8) is 0 Å². The number of nitrogen functional groups attached to an aromatic ring is 1. The van der Waals surface area contributed by atoms with Gasteiger partial charge in [0.25, 0.3) is 0 Å². The van der Waals surface area contributed by atoms with Crippen LogP contribution in [-0.2, 0) is 10.3 Å². The average molecular weight is 233 g/mol. The van der Waals surface area contributed by atoms with Crippen molar-refractivity contribution in [2.75, 3.05) is 5.73 Å². The van der Waals surface area contributed by atoms with E-state index >= 15 is 0 Å². The van der Waals surface area contributed by atoms with Crippen LogP contribution in [0.5, 0.6) is 0 Å². The number of hydrogen-bond acceptors (Lipinski definition) is 2. The van der Waals surface area contributed by atoms with Gasteiger partial charge in [-0.2, -0.15) is 0 Å². The highest BCUT2D eigenvalue weighted by Gasteiger charge is 2.46. The summed E-state index contributed by atoms with van der Waals surface area (Å²) in [5.74, 6) is 0.507. The van der Waals surface area contributed by atoms with Crippen LogP contribution in [-0.4, -0.2) is 6.10 Å². The van der Waals surface area contributed by atoms with Crippen molar-refractivity contribution in [1.82, 2.24) is 0 Å². The van der Waals surface area contributed by atoms with Gasteiger partial charge in [0.1, 0.15) is 0 Å². The summed E-state index contributed by atoms with van der Waals surface area (Å²) in [6, 6.07) is 6.40. The molecule has 1 fully saturated rings. The summed E-state index contributed by atoms with van der Waals surface area (Å²) < 4.78 is 6.07. The van der Waals surface area contributed by atoms with Gasteiger partial charge in [-0.15, -0.1) is 0 Å². The highest BCUT2D eigenvalue weighted by atomic mass is 16.5. The summed E-state index contributed by atoms with van der Waals surface area (Å²) in [6.45, 7) is 8.58. The van der Waals surface area contributed by atoms with Gasteiger partial charge in [-0.05, 0) is 55.9 Å². The summed E-state index contributed by atoms with van der Waals surface area (Å²) >= 11 is 0. The lowest BCUT2D eigenvalue weighted by Crippen LogP contribution is -2.17. The van der Waals surface area contributed by atoms with Gasteiger partial charge in [-0.3, -0.25) is 0 Å². The second-order valence-corrected chi connectivity index (χ2v) is 5.70. The zero-order chi connectivity index (χ0) is 12.6. The van der Waals surface area contributed by atoms with Crippen LogP contribution in [0.25, 0.3) is 0 Å². The van der Waals surface area contributed by atoms with E-state index in [-0.39, 0.29) is 11.7 Å². The summed E-state index contributed by atoms with van der Waals surface area (Å²) in [5, 5.41) is 0. The molecule has 1 aliphatic rings. The molecule has 94 valence electrons. The summed E-state index contributed by atoms with van der Waals surface area (Å²) in [4.78, 5) is 0. The quantitative estimate of drug-likeness (QED) is 0.803. The fourth-order valence-corrected chi connectivity index (χ4v) is 2.31. The van der Waals surface area contributed by atoms with Crippen molar-refractivity contribution in [3.05, 3.63) is 29.3 Å². The molecule has 1 aromatic rings. The zero-order valence-corrected chi connectivity index (χ0v) is 11.3. The van der Waals surface area contributed by atoms with Crippen LogP contribution < -0.4 is 5.73 Å². The van der Waals surface area contributed by atoms with Crippen LogP contribution >= 0.6 is 0 Å². The molecule has 1 aliphatic carbocycles. The van der Waals surface area contributed by atoms with E-state index < -0.39 is 0 Å². The van der Waals surface area contributed by atoms with Gasteiger partial charge in [0.2, 0.25) is 0 Å². The molecule has 0 amide bonds. The summed E-state index contributed by atoms with van der Waals surface area (Å²) in [5.41, 5.74) is 9.36. The first-order valence-corrected chi connectivity index (χ1v) is 6.52. The second-order valence-electron chi connectivity index (χ2n) is 5.70. The minimum atomic E-state index is -0.0484. The van der Waals surface area contributed by atoms with Crippen LogP contribution in [0.2, 0.25) is 0 Å². The van der Waals surface area contributed by atoms with Crippen LogP contribution in [0.1, 0.15) is 57.6 Å². The van der Waals surface area contributed by atoms with Gasteiger partial charge in [0.05, 0.1) is 11.7 Å². The lowest BCUT2D eigenvalue weighted by Gasteiger charge is -2.22. The zero-order valence-electron chi connectivity index (χ0n) is 11.3. The number of nitrogens with two attached hydrogens (primary N) is 1. The van der Waals surface area contributed by atoms with Crippen molar-refractivity contribution >= 4 is 5.69 Å². The monoisotopic (exact) mass is 233 g/mol. The van der Waals surface area contributed by atoms with E-state index in [0.717, 1.165) is 18.5 Å². The number of benzene rings is 1. The van der Waals surface area contributed by atoms with Crippen LogP contribution in [0, 0.1) is 0 Å². The van der Waals surface area contributed by atoms with E-state index in [9.17, 15) is 0 Å². The molecule has 0 spiro atoms. The molecule has 0 heterocycles. The van der Waals surface area contributed by atoms with E-state index in [4.69, 9.17) is 10.5 Å². The highest BCUT2D eigenvalue weighted by Crippen LogP contribution is 2.50. The van der Waals surface area contributed by atoms with E-state index in [1.54, 1.807) is 0 Å². The predicted molar refractivity (Wildman–Crippen MR) is 72.1 cm³/mol. The topological polar surface area (TPSA) is 35.2 Å². The first kappa shape index (κ1) is 12.4. The molecule has 17 heavy (non-hydrogen) atoms. The lowest BCUT2D eigenvalue weighted by molar-refractivity contribution is -0.0143. The third-order valence-corrected chi connectivity index (χ3v) is 3.34. The van der Waals surface area contributed by atoms with Gasteiger partial charge >= 0.3 is 0 Å². The van der Waals surface area contributed by atoms with Crippen LogP contribution in [0.15, 0.2) is 18.2 Å². The first-order valence-electron chi connectivity index (χ1n) is 6.52. The number of hydrogen-bond donors (Lipinski definition) is 1. The maximum absolute atomic E-state index is 6.07. The van der Waals surface area contributed by atoms with Gasteiger partial charge in [-0.1, -0.05) is 19.9 Å². The fraction of sp³-hybridized carbons (Fsp3) is 0.600. The third kappa shape index (κ3) is 2.63. The number of ether oxygens (including phenoxy) is 1. The van der Waals surface area contributed by atoms with Crippen molar-refractivity contribution < 1.29 is 4.74 Å². The van der Waals surface area contributed by atoms with Gasteiger partial charge in [0.15, 0.2) is 0 Å². The van der Waals surface area contributed by atoms with Crippen LogP contribution in [0.4, 0.5) is 5.69 Å². The van der Waals surface area contributed by atoms with Crippen molar-refractivity contribution in [2.45, 2.75) is 58.2 Å². The molecule has 1 aromatic carbocycles. The number of rotatable bonds is 4. The Hall–Kier alpha value is -1.02. The summed E-state index contributed by atoms with van der Waals surface area (Å²) in [7, 11) is 0. The van der Waals surface area contributed by atoms with E-state index in [2.05, 4.69) is 45.9 Å². The van der Waals surface area contributed by atoms with E-state index in [1.165, 1.54) is 11.1 Å². The standard InChI is InChI=1S/C15H23NO/c1-10(2)12-7-13(9-14(16)8-12)15(5-6-15)17-11(3)4/h7-11H,5-6,16H2,1-4H3. The van der Waals surface area contributed by atoms with E-state index in [1.807, 2.05) is 0 Å². The normalized spacial score (nSPS) is 17.8. The van der Waals surface area contributed by atoms with Crippen molar-refractivity contribution in [1.29, 1.82) is 0 Å². The molecule has 2 N–H and O–H groups in total. The Kier molecular flexibility index (Phi) is 3.17. The minimum Gasteiger partial charge on any atom is -0.399 e. The highest BCUT2D eigenvalue weighted by molar-refractivity contribution is 5.48. The molecule has 0 saturated heterocycles. The molecule has 1 saturated carbocycles. The maximum atomic E-state index is 6.07. The molecule has 2 nitrogen and oxygen atoms in total. The second kappa shape index (κ2) is 4.34. The fourth-order valence-electron chi connectivity index (χ4n) is 2.31. The van der Waals surface area contributed by atoms with Crippen LogP contribution in [0.3, 0.4) is 0 Å². The molecule has 0 radical (unpaired) electrons. The molecule has 0 unspecified atom stereocenters. The Morgan fingerprint density at radius 1 is 1.12 bits per heavy atom. The van der Waals surface area contributed by atoms with Gasteiger partial charge < -0.3 is 10.5 Å². The maximum Gasteiger partial charge on any atom is 0.0938 e. The number of anilines is 1. The SMILES string of the molecule is CC(C)OC1(c2cc(N)cc(C(C)C)c2)CC1. The lowest BCUT2D eigenvalue weighted by atomic mass is 9.96. The largest absolute Gasteiger partial charge is 0.399 e. The first-order chi connectivity index (χ1) is 7.93. The average Bonchev–Trinajstić information content (AvgIpc) is 2.97. The Morgan fingerprint density at radius 2 is 1.76 bits per heavy atom. The minimum absolute atomic E-state index is 0.0484. The Morgan fingerprint density at radius 3 is 2.24 bits per heavy atom. The Balaban J connectivity index is 2.32. The van der Waals surface area contributed by atoms with Crippen molar-refractivity contribution in [3.8, 4) is 0 Å². The summed E-state index contributed by atoms with van der Waals surface area (Å²) in [6.07, 6.45) is 2.50. The smallest absolute Gasteiger partial charge is 0.0938 e. The van der Waals surface area contributed by atoms with Gasteiger partial charge in [0, 0.05) is 5.69 Å². The molecular weight excluding hydrogens is 210 g/mol. The molecule has 2 rings (SSSR count). The molecule has 0 aliphatic heterocycles. The van der Waals surface area contributed by atoms with Crippen molar-refractivity contribution in [2.24, 2.45) is 0 Å². The third-order valence-electron chi connectivity index (χ3n) is 3.34. The predicted octanol–water partition coefficient (Wildman–Crippen LogP) is 3.81. The molecule has 0 aromatic heterocycles. The van der Waals surface area contributed by atoms with Gasteiger partial charge in [-0.25, -0.2) is 0 Å².